The first-order valence-electron chi connectivity index (χ1n) is 23.4. The molecule has 3 aliphatic carbocycles. The largest absolute Gasteiger partial charge is 0.457 e. The van der Waals surface area contributed by atoms with Crippen LogP contribution in [-0.2, 0) is 50.0 Å². The summed E-state index contributed by atoms with van der Waals surface area (Å²) in [4.78, 5) is 72.3. The number of ether oxygens (including phenoxy) is 2. The third-order valence-corrected chi connectivity index (χ3v) is 13.3. The number of rotatable bonds is 15. The van der Waals surface area contributed by atoms with E-state index in [9.17, 15) is 19.2 Å². The third-order valence-electron chi connectivity index (χ3n) is 13.3. The van der Waals surface area contributed by atoms with Crippen molar-refractivity contribution in [2.24, 2.45) is 11.8 Å². The molecule has 0 aromatic heterocycles. The molecule has 3 aliphatic rings. The molecule has 3 atom stereocenters. The normalized spacial score (nSPS) is 16.7. The first-order chi connectivity index (χ1) is 34.3. The zero-order valence-electron chi connectivity index (χ0n) is 38.1. The number of carbonyl (C=O) groups is 5. The van der Waals surface area contributed by atoms with Crippen molar-refractivity contribution in [3.8, 4) is 0 Å². The molecule has 346 valence electrons. The van der Waals surface area contributed by atoms with E-state index in [2.05, 4.69) is 22.0 Å². The topological polar surface area (TPSA) is 140 Å². The summed E-state index contributed by atoms with van der Waals surface area (Å²) in [5.41, 5.74) is 7.31. The number of amides is 3. The Labute approximate surface area is 405 Å². The van der Waals surface area contributed by atoms with E-state index in [1.54, 1.807) is 0 Å². The fourth-order valence-electron chi connectivity index (χ4n) is 10.1. The number of nitrogens with one attached hydrogen (secondary N) is 3. The fourth-order valence-corrected chi connectivity index (χ4v) is 10.1. The zero-order chi connectivity index (χ0) is 48.0. The van der Waals surface area contributed by atoms with E-state index in [1.807, 2.05) is 176 Å². The molecule has 0 saturated carbocycles. The smallest absolute Gasteiger partial charge is 0.338 e. The Morgan fingerprint density at radius 3 is 1.43 bits per heavy atom. The second kappa shape index (κ2) is 20.3. The summed E-state index contributed by atoms with van der Waals surface area (Å²) >= 11 is 0. The SMILES string of the molecule is O=C(OCc1ccccc1)c1cc(NC(=O)[C@H](Cc2ccccc2)NC(=O)[C@H]2C3c4ccccc4C(c4ccccc43)[C@H]2C(=O)NCc2ccc3ccccc3c2)cc(C(=O)OCc2ccccc2)c1. The summed E-state index contributed by atoms with van der Waals surface area (Å²) in [6.07, 6.45) is 0.0933. The number of hydrogen-bond acceptors (Lipinski definition) is 7. The van der Waals surface area contributed by atoms with Crippen LogP contribution in [-0.4, -0.2) is 35.7 Å². The third kappa shape index (κ3) is 9.70. The van der Waals surface area contributed by atoms with Crippen molar-refractivity contribution < 1.29 is 33.4 Å². The van der Waals surface area contributed by atoms with Gasteiger partial charge >= 0.3 is 11.9 Å². The lowest BCUT2D eigenvalue weighted by molar-refractivity contribution is -0.138. The van der Waals surface area contributed by atoms with Crippen LogP contribution in [0.15, 0.2) is 200 Å². The van der Waals surface area contributed by atoms with Crippen molar-refractivity contribution in [2.45, 2.75) is 44.1 Å². The predicted molar refractivity (Wildman–Crippen MR) is 268 cm³/mol. The van der Waals surface area contributed by atoms with E-state index in [-0.39, 0.29) is 48.9 Å². The molecular weight excluding hydrogens is 875 g/mol. The van der Waals surface area contributed by atoms with Crippen LogP contribution in [0.25, 0.3) is 10.8 Å². The van der Waals surface area contributed by atoms with Crippen LogP contribution in [0.2, 0.25) is 0 Å². The highest BCUT2D eigenvalue weighted by Crippen LogP contribution is 2.58. The number of fused-ring (bicyclic) bond motifs is 2. The highest BCUT2D eigenvalue weighted by molar-refractivity contribution is 6.02. The molecule has 0 saturated heterocycles. The van der Waals surface area contributed by atoms with Crippen LogP contribution in [0.1, 0.15) is 77.1 Å². The van der Waals surface area contributed by atoms with Crippen LogP contribution in [0.5, 0.6) is 0 Å². The molecule has 0 fully saturated rings. The number of esters is 2. The first-order valence-corrected chi connectivity index (χ1v) is 23.4. The van der Waals surface area contributed by atoms with Gasteiger partial charge in [0.25, 0.3) is 0 Å². The minimum absolute atomic E-state index is 0.0112. The molecule has 10 nitrogen and oxygen atoms in total. The van der Waals surface area contributed by atoms with Crippen molar-refractivity contribution in [1.29, 1.82) is 0 Å². The van der Waals surface area contributed by atoms with Gasteiger partial charge in [0.2, 0.25) is 17.7 Å². The maximum atomic E-state index is 15.4. The summed E-state index contributed by atoms with van der Waals surface area (Å²) in [5.74, 6) is -5.40. The fraction of sp³-hybridized carbons (Fsp3) is 0.150. The van der Waals surface area contributed by atoms with E-state index in [4.69, 9.17) is 9.47 Å². The lowest BCUT2D eigenvalue weighted by Crippen LogP contribution is -2.55. The van der Waals surface area contributed by atoms with E-state index in [1.165, 1.54) is 18.2 Å². The van der Waals surface area contributed by atoms with Crippen molar-refractivity contribution in [1.82, 2.24) is 10.6 Å². The van der Waals surface area contributed by atoms with Gasteiger partial charge in [-0.2, -0.15) is 0 Å². The number of hydrogen-bond donors (Lipinski definition) is 3. The average molecular weight is 924 g/mol. The maximum Gasteiger partial charge on any atom is 0.338 e. The summed E-state index contributed by atoms with van der Waals surface area (Å²) in [5, 5.41) is 11.4. The van der Waals surface area contributed by atoms with Gasteiger partial charge in [-0.05, 0) is 79.5 Å². The Bertz CT molecular complexity index is 3110. The van der Waals surface area contributed by atoms with E-state index < -0.39 is 53.5 Å². The van der Waals surface area contributed by atoms with Gasteiger partial charge in [0, 0.05) is 30.5 Å². The van der Waals surface area contributed by atoms with Crippen LogP contribution >= 0.6 is 0 Å². The molecule has 0 spiro atoms. The molecule has 3 amide bonds. The Morgan fingerprint density at radius 2 is 0.900 bits per heavy atom. The minimum Gasteiger partial charge on any atom is -0.457 e. The second-order valence-corrected chi connectivity index (χ2v) is 17.8. The van der Waals surface area contributed by atoms with Crippen LogP contribution in [0, 0.1) is 11.8 Å². The molecule has 3 N–H and O–H groups in total. The van der Waals surface area contributed by atoms with Gasteiger partial charge in [-0.25, -0.2) is 9.59 Å². The van der Waals surface area contributed by atoms with Gasteiger partial charge in [0.15, 0.2) is 0 Å². The number of benzene rings is 8. The molecule has 70 heavy (non-hydrogen) atoms. The summed E-state index contributed by atoms with van der Waals surface area (Å²) in [6, 6.07) is 60.9. The van der Waals surface area contributed by atoms with Crippen LogP contribution in [0.4, 0.5) is 5.69 Å². The highest BCUT2D eigenvalue weighted by atomic mass is 16.5. The van der Waals surface area contributed by atoms with Gasteiger partial charge < -0.3 is 25.4 Å². The average Bonchev–Trinajstić information content (AvgIpc) is 3.41. The Hall–Kier alpha value is -8.63. The van der Waals surface area contributed by atoms with Gasteiger partial charge in [-0.1, -0.05) is 176 Å². The minimum atomic E-state index is -1.16. The van der Waals surface area contributed by atoms with Crippen molar-refractivity contribution in [3.05, 3.63) is 256 Å². The molecule has 8 aromatic rings. The Morgan fingerprint density at radius 1 is 0.443 bits per heavy atom. The van der Waals surface area contributed by atoms with E-state index in [0.717, 1.165) is 55.3 Å². The molecular formula is C60H49N3O7. The molecule has 0 unspecified atom stereocenters. The lowest BCUT2D eigenvalue weighted by atomic mass is 9.53. The van der Waals surface area contributed by atoms with Gasteiger partial charge in [0.1, 0.15) is 19.3 Å². The van der Waals surface area contributed by atoms with Gasteiger partial charge in [0.05, 0.1) is 23.0 Å². The van der Waals surface area contributed by atoms with Gasteiger partial charge in [-0.3, -0.25) is 14.4 Å². The molecule has 0 aliphatic heterocycles. The van der Waals surface area contributed by atoms with E-state index >= 15 is 4.79 Å². The maximum absolute atomic E-state index is 15.4. The summed E-state index contributed by atoms with van der Waals surface area (Å²) in [7, 11) is 0. The molecule has 2 bridgehead atoms. The summed E-state index contributed by atoms with van der Waals surface area (Å²) in [6.45, 7) is 0.222. The van der Waals surface area contributed by atoms with Crippen LogP contribution in [0.3, 0.4) is 0 Å². The molecule has 10 heteroatoms. The monoisotopic (exact) mass is 923 g/mol. The summed E-state index contributed by atoms with van der Waals surface area (Å²) < 4.78 is 11.3. The van der Waals surface area contributed by atoms with Crippen LogP contribution < -0.4 is 16.0 Å². The molecule has 0 radical (unpaired) electrons. The Kier molecular flexibility index (Phi) is 13.1. The highest BCUT2D eigenvalue weighted by Gasteiger charge is 2.55. The van der Waals surface area contributed by atoms with Crippen molar-refractivity contribution in [3.63, 3.8) is 0 Å². The molecule has 11 rings (SSSR count). The number of anilines is 1. The Balaban J connectivity index is 0.964. The zero-order valence-corrected chi connectivity index (χ0v) is 38.1. The number of carbonyl (C=O) groups excluding carboxylic acids is 5. The first kappa shape index (κ1) is 45.2. The quantitative estimate of drug-likeness (QED) is 0.0870. The van der Waals surface area contributed by atoms with Crippen molar-refractivity contribution >= 4 is 46.1 Å². The molecule has 0 heterocycles. The predicted octanol–water partition coefficient (Wildman–Crippen LogP) is 10.1. The molecule has 8 aromatic carbocycles. The van der Waals surface area contributed by atoms with Gasteiger partial charge in [-0.15, -0.1) is 0 Å². The second-order valence-electron chi connectivity index (χ2n) is 17.8. The standard InChI is InChI=1S/C60H49N3O7/c64-56(62-46-33-44(59(67)69-36-39-18-6-2-7-19-39)32-45(34-46)60(68)70-37-40-20-8-3-9-21-40)51(31-38-16-4-1-5-17-38)63-58(66)55-53-49-26-14-12-24-47(49)52(48-25-13-15-27-50(48)53)54(55)57(65)61-35-41-28-29-42-22-10-11-23-43(42)30-41/h1-30,32-34,51-55H,31,35-37H2,(H,61,65)(H,62,64)(H,63,66)/t51-,52?,53?,54+,55-/m0/s1. The van der Waals surface area contributed by atoms with E-state index in [0.29, 0.717) is 0 Å². The lowest BCUT2D eigenvalue weighted by Gasteiger charge is -2.49. The van der Waals surface area contributed by atoms with Crippen molar-refractivity contribution in [2.75, 3.05) is 5.32 Å².